The minimum Gasteiger partial charge on any atom is -0.377 e. The number of hydrogen-bond acceptors (Lipinski definition) is 2. The van der Waals surface area contributed by atoms with Crippen LogP contribution in [0.2, 0.25) is 5.15 Å². The van der Waals surface area contributed by atoms with E-state index in [1.807, 2.05) is 12.1 Å². The highest BCUT2D eigenvalue weighted by Gasteiger charge is 2.32. The normalized spacial score (nSPS) is 20.2. The molecule has 0 aliphatic heterocycles. The van der Waals surface area contributed by atoms with E-state index >= 15 is 0 Å². The van der Waals surface area contributed by atoms with Gasteiger partial charge in [-0.25, -0.2) is 4.98 Å². The molecule has 3 heteroatoms. The van der Waals surface area contributed by atoms with Crippen LogP contribution in [0, 0.1) is 0 Å². The van der Waals surface area contributed by atoms with Gasteiger partial charge < -0.3 is 5.32 Å². The number of anilines is 1. The largest absolute Gasteiger partial charge is 0.377 e. The summed E-state index contributed by atoms with van der Waals surface area (Å²) in [6.07, 6.45) is 4.11. The van der Waals surface area contributed by atoms with Crippen LogP contribution in [0.4, 0.5) is 5.69 Å². The van der Waals surface area contributed by atoms with E-state index in [1.54, 1.807) is 6.20 Å². The third-order valence-electron chi connectivity index (χ3n) is 4.19. The predicted octanol–water partition coefficient (Wildman–Crippen LogP) is 4.96. The lowest BCUT2D eigenvalue weighted by Crippen LogP contribution is -2.29. The van der Waals surface area contributed by atoms with Crippen molar-refractivity contribution in [2.24, 2.45) is 0 Å². The molecule has 0 saturated heterocycles. The third kappa shape index (κ3) is 2.53. The van der Waals surface area contributed by atoms with Crippen LogP contribution < -0.4 is 5.32 Å². The summed E-state index contributed by atoms with van der Waals surface area (Å²) in [7, 11) is 0. The van der Waals surface area contributed by atoms with E-state index in [2.05, 4.69) is 48.4 Å². The average molecular weight is 287 g/mol. The fraction of sp³-hybridized carbons (Fsp3) is 0.353. The molecule has 20 heavy (non-hydrogen) atoms. The zero-order valence-corrected chi connectivity index (χ0v) is 12.6. The standard InChI is InChI=1S/C17H19ClN2/c1-17(2)10-9-15(13-5-3-4-6-14(13)17)20-12-7-8-16(18)19-11-12/h3-8,11,15,20H,9-10H2,1-2H3. The maximum Gasteiger partial charge on any atom is 0.129 e. The minimum atomic E-state index is 0.257. The van der Waals surface area contributed by atoms with Gasteiger partial charge >= 0.3 is 0 Å². The van der Waals surface area contributed by atoms with Gasteiger partial charge in [-0.2, -0.15) is 0 Å². The molecule has 2 aromatic rings. The Labute approximate surface area is 125 Å². The number of aromatic nitrogens is 1. The summed E-state index contributed by atoms with van der Waals surface area (Å²) in [6, 6.07) is 12.9. The van der Waals surface area contributed by atoms with Crippen LogP contribution in [0.25, 0.3) is 0 Å². The Balaban J connectivity index is 1.90. The first-order valence-electron chi connectivity index (χ1n) is 7.04. The van der Waals surface area contributed by atoms with E-state index < -0.39 is 0 Å². The number of halogens is 1. The number of rotatable bonds is 2. The lowest BCUT2D eigenvalue weighted by Gasteiger charge is -2.37. The van der Waals surface area contributed by atoms with Crippen LogP contribution in [0.15, 0.2) is 42.6 Å². The van der Waals surface area contributed by atoms with Crippen LogP contribution in [-0.2, 0) is 5.41 Å². The number of pyridine rings is 1. The number of fused-ring (bicyclic) bond motifs is 1. The molecule has 1 aromatic heterocycles. The van der Waals surface area contributed by atoms with Crippen LogP contribution in [0.1, 0.15) is 43.9 Å². The number of nitrogens with one attached hydrogen (secondary N) is 1. The first kappa shape index (κ1) is 13.4. The van der Waals surface area contributed by atoms with Crippen molar-refractivity contribution in [3.05, 3.63) is 58.9 Å². The Morgan fingerprint density at radius 3 is 2.75 bits per heavy atom. The lowest BCUT2D eigenvalue weighted by molar-refractivity contribution is 0.406. The second-order valence-electron chi connectivity index (χ2n) is 6.08. The summed E-state index contributed by atoms with van der Waals surface area (Å²) in [4.78, 5) is 4.13. The zero-order chi connectivity index (χ0) is 14.2. The molecule has 0 spiro atoms. The number of nitrogens with zero attached hydrogens (tertiary/aromatic N) is 1. The van der Waals surface area contributed by atoms with Gasteiger partial charge in [0.25, 0.3) is 0 Å². The molecule has 0 amide bonds. The van der Waals surface area contributed by atoms with Gasteiger partial charge in [0, 0.05) is 0 Å². The Hall–Kier alpha value is -1.54. The monoisotopic (exact) mass is 286 g/mol. The molecule has 1 aliphatic rings. The second kappa shape index (κ2) is 5.10. The molecular formula is C17H19ClN2. The van der Waals surface area contributed by atoms with E-state index in [0.29, 0.717) is 11.2 Å². The molecular weight excluding hydrogens is 268 g/mol. The predicted molar refractivity (Wildman–Crippen MR) is 84.3 cm³/mol. The van der Waals surface area contributed by atoms with Gasteiger partial charge in [0.15, 0.2) is 0 Å². The SMILES string of the molecule is CC1(C)CCC(Nc2ccc(Cl)nc2)c2ccccc21. The molecule has 0 saturated carbocycles. The smallest absolute Gasteiger partial charge is 0.129 e. The summed E-state index contributed by atoms with van der Waals surface area (Å²) in [5.74, 6) is 0. The highest BCUT2D eigenvalue weighted by molar-refractivity contribution is 6.29. The van der Waals surface area contributed by atoms with Crippen molar-refractivity contribution in [1.29, 1.82) is 0 Å². The Bertz CT molecular complexity index is 605. The van der Waals surface area contributed by atoms with Gasteiger partial charge in [-0.15, -0.1) is 0 Å². The van der Waals surface area contributed by atoms with Gasteiger partial charge in [-0.1, -0.05) is 49.7 Å². The molecule has 104 valence electrons. The molecule has 1 atom stereocenters. The molecule has 1 N–H and O–H groups in total. The van der Waals surface area contributed by atoms with E-state index in [-0.39, 0.29) is 5.41 Å². The molecule has 1 unspecified atom stereocenters. The molecule has 0 radical (unpaired) electrons. The van der Waals surface area contributed by atoms with Crippen molar-refractivity contribution in [1.82, 2.24) is 4.98 Å². The minimum absolute atomic E-state index is 0.257. The fourth-order valence-corrected chi connectivity index (χ4v) is 3.14. The van der Waals surface area contributed by atoms with E-state index in [1.165, 1.54) is 17.5 Å². The first-order chi connectivity index (χ1) is 9.56. The fourth-order valence-electron chi connectivity index (χ4n) is 3.02. The van der Waals surface area contributed by atoms with E-state index in [4.69, 9.17) is 11.6 Å². The summed E-state index contributed by atoms with van der Waals surface area (Å²) in [5, 5.41) is 4.11. The molecule has 0 bridgehead atoms. The van der Waals surface area contributed by atoms with Gasteiger partial charge in [-0.3, -0.25) is 0 Å². The number of hydrogen-bond donors (Lipinski definition) is 1. The topological polar surface area (TPSA) is 24.9 Å². The summed E-state index contributed by atoms with van der Waals surface area (Å²) < 4.78 is 0. The van der Waals surface area contributed by atoms with E-state index in [0.717, 1.165) is 12.1 Å². The third-order valence-corrected chi connectivity index (χ3v) is 4.42. The summed E-state index contributed by atoms with van der Waals surface area (Å²) in [5.41, 5.74) is 4.13. The van der Waals surface area contributed by atoms with Crippen molar-refractivity contribution >= 4 is 17.3 Å². The molecule has 3 rings (SSSR count). The van der Waals surface area contributed by atoms with Crippen molar-refractivity contribution < 1.29 is 0 Å². The molecule has 2 nitrogen and oxygen atoms in total. The Kier molecular flexibility index (Phi) is 3.43. The Morgan fingerprint density at radius 2 is 2.00 bits per heavy atom. The van der Waals surface area contributed by atoms with Crippen molar-refractivity contribution in [2.45, 2.75) is 38.1 Å². The van der Waals surface area contributed by atoms with Crippen LogP contribution >= 0.6 is 11.6 Å². The van der Waals surface area contributed by atoms with Crippen LogP contribution in [0.5, 0.6) is 0 Å². The Morgan fingerprint density at radius 1 is 1.20 bits per heavy atom. The number of benzene rings is 1. The van der Waals surface area contributed by atoms with Gasteiger partial charge in [0.1, 0.15) is 5.15 Å². The lowest BCUT2D eigenvalue weighted by atomic mass is 9.71. The van der Waals surface area contributed by atoms with Crippen molar-refractivity contribution in [3.63, 3.8) is 0 Å². The molecule has 0 fully saturated rings. The van der Waals surface area contributed by atoms with Crippen LogP contribution in [-0.4, -0.2) is 4.98 Å². The van der Waals surface area contributed by atoms with Gasteiger partial charge in [-0.05, 0) is 41.5 Å². The van der Waals surface area contributed by atoms with Crippen molar-refractivity contribution in [2.75, 3.05) is 5.32 Å². The van der Waals surface area contributed by atoms with Crippen LogP contribution in [0.3, 0.4) is 0 Å². The second-order valence-corrected chi connectivity index (χ2v) is 6.46. The van der Waals surface area contributed by atoms with E-state index in [9.17, 15) is 0 Å². The molecule has 1 aromatic carbocycles. The van der Waals surface area contributed by atoms with Gasteiger partial charge in [0.05, 0.1) is 17.9 Å². The summed E-state index contributed by atoms with van der Waals surface area (Å²) >= 11 is 5.83. The zero-order valence-electron chi connectivity index (χ0n) is 11.9. The first-order valence-corrected chi connectivity index (χ1v) is 7.41. The quantitative estimate of drug-likeness (QED) is 0.789. The molecule has 1 heterocycles. The van der Waals surface area contributed by atoms with Crippen molar-refractivity contribution in [3.8, 4) is 0 Å². The van der Waals surface area contributed by atoms with Gasteiger partial charge in [0.2, 0.25) is 0 Å². The summed E-state index contributed by atoms with van der Waals surface area (Å²) in [6.45, 7) is 4.65. The highest BCUT2D eigenvalue weighted by Crippen LogP contribution is 2.42. The maximum absolute atomic E-state index is 5.83. The molecule has 1 aliphatic carbocycles. The maximum atomic E-state index is 5.83. The highest BCUT2D eigenvalue weighted by atomic mass is 35.5. The average Bonchev–Trinajstić information content (AvgIpc) is 2.45.